The molecule has 178 valence electrons. The standard InChI is InChI=1S/C23H36N6O2.HI/c1-23(2,3)31-22(30)29(17-19-10-7-12-25-16-19)15-9-13-26-21(24-4)28(6)18-20-11-8-14-27(20)5;/h7-8,10-12,14,16H,9,13,15,17-18H2,1-6H3,(H,24,26);1H. The van der Waals surface area contributed by atoms with Crippen LogP contribution in [0.25, 0.3) is 0 Å². The van der Waals surface area contributed by atoms with Gasteiger partial charge in [0.25, 0.3) is 0 Å². The van der Waals surface area contributed by atoms with Gasteiger partial charge in [-0.3, -0.25) is 9.98 Å². The molecule has 0 atom stereocenters. The number of guanidine groups is 1. The Kier molecular flexibility index (Phi) is 11.5. The predicted octanol–water partition coefficient (Wildman–Crippen LogP) is 3.87. The van der Waals surface area contributed by atoms with Crippen molar-refractivity contribution in [3.8, 4) is 0 Å². The van der Waals surface area contributed by atoms with Crippen LogP contribution in [-0.2, 0) is 24.9 Å². The van der Waals surface area contributed by atoms with Gasteiger partial charge in [0.1, 0.15) is 5.60 Å². The zero-order chi connectivity index (χ0) is 22.9. The smallest absolute Gasteiger partial charge is 0.410 e. The molecule has 9 heteroatoms. The highest BCUT2D eigenvalue weighted by Gasteiger charge is 2.22. The lowest BCUT2D eigenvalue weighted by atomic mass is 10.2. The number of nitrogens with one attached hydrogen (secondary N) is 1. The van der Waals surface area contributed by atoms with Gasteiger partial charge in [0, 0.05) is 58.5 Å². The van der Waals surface area contributed by atoms with E-state index in [1.165, 1.54) is 5.69 Å². The van der Waals surface area contributed by atoms with Gasteiger partial charge >= 0.3 is 6.09 Å². The fraction of sp³-hybridized carbons (Fsp3) is 0.522. The Morgan fingerprint density at radius 3 is 2.56 bits per heavy atom. The first-order chi connectivity index (χ1) is 14.7. The van der Waals surface area contributed by atoms with Crippen LogP contribution in [0, 0.1) is 0 Å². The zero-order valence-corrected chi connectivity index (χ0v) is 22.4. The van der Waals surface area contributed by atoms with Gasteiger partial charge in [-0.2, -0.15) is 0 Å². The third-order valence-corrected chi connectivity index (χ3v) is 4.66. The van der Waals surface area contributed by atoms with Crippen molar-refractivity contribution in [3.05, 3.63) is 54.1 Å². The summed E-state index contributed by atoms with van der Waals surface area (Å²) in [5.41, 5.74) is 1.64. The van der Waals surface area contributed by atoms with Gasteiger partial charge in [-0.1, -0.05) is 6.07 Å². The van der Waals surface area contributed by atoms with Crippen LogP contribution in [-0.4, -0.2) is 64.2 Å². The molecule has 1 N–H and O–H groups in total. The minimum atomic E-state index is -0.537. The lowest BCUT2D eigenvalue weighted by molar-refractivity contribution is 0.0232. The van der Waals surface area contributed by atoms with Crippen molar-refractivity contribution >= 4 is 36.0 Å². The summed E-state index contributed by atoms with van der Waals surface area (Å²) in [7, 11) is 5.82. The summed E-state index contributed by atoms with van der Waals surface area (Å²) in [4.78, 5) is 25.0. The second kappa shape index (κ2) is 13.3. The van der Waals surface area contributed by atoms with E-state index in [9.17, 15) is 4.79 Å². The molecule has 0 aromatic carbocycles. The minimum absolute atomic E-state index is 0. The van der Waals surface area contributed by atoms with Crippen molar-refractivity contribution in [1.82, 2.24) is 24.7 Å². The molecule has 0 saturated carbocycles. The van der Waals surface area contributed by atoms with Crippen LogP contribution in [0.1, 0.15) is 38.4 Å². The molecule has 0 spiro atoms. The molecule has 2 aromatic heterocycles. The molecule has 0 bridgehead atoms. The first-order valence-electron chi connectivity index (χ1n) is 10.6. The molecule has 0 aliphatic heterocycles. The maximum atomic E-state index is 12.7. The summed E-state index contributed by atoms with van der Waals surface area (Å²) in [6.45, 7) is 8.11. The molecule has 2 aromatic rings. The Hall–Kier alpha value is -2.30. The number of carbonyl (C=O) groups is 1. The molecular formula is C23H37IN6O2. The van der Waals surface area contributed by atoms with Gasteiger partial charge in [-0.15, -0.1) is 24.0 Å². The van der Waals surface area contributed by atoms with Crippen molar-refractivity contribution in [2.24, 2.45) is 12.0 Å². The Labute approximate surface area is 209 Å². The Bertz CT molecular complexity index is 848. The van der Waals surface area contributed by atoms with E-state index in [1.807, 2.05) is 59.3 Å². The number of aliphatic imine (C=N–C) groups is 1. The molecule has 32 heavy (non-hydrogen) atoms. The summed E-state index contributed by atoms with van der Waals surface area (Å²) >= 11 is 0. The highest BCUT2D eigenvalue weighted by Crippen LogP contribution is 2.13. The minimum Gasteiger partial charge on any atom is -0.444 e. The molecule has 0 aliphatic carbocycles. The largest absolute Gasteiger partial charge is 0.444 e. The molecule has 2 rings (SSSR count). The van der Waals surface area contributed by atoms with Gasteiger partial charge in [0.05, 0.1) is 13.1 Å². The monoisotopic (exact) mass is 556 g/mol. The second-order valence-corrected chi connectivity index (χ2v) is 8.56. The van der Waals surface area contributed by atoms with Gasteiger partial charge in [0.2, 0.25) is 0 Å². The molecule has 0 fully saturated rings. The zero-order valence-electron chi connectivity index (χ0n) is 20.0. The van der Waals surface area contributed by atoms with Crippen LogP contribution in [0.3, 0.4) is 0 Å². The summed E-state index contributed by atoms with van der Waals surface area (Å²) in [6.07, 6.45) is 5.98. The van der Waals surface area contributed by atoms with Crippen molar-refractivity contribution in [2.45, 2.75) is 45.9 Å². The number of pyridine rings is 1. The van der Waals surface area contributed by atoms with Crippen molar-refractivity contribution in [1.29, 1.82) is 0 Å². The molecule has 0 radical (unpaired) electrons. The van der Waals surface area contributed by atoms with Crippen LogP contribution in [0.15, 0.2) is 47.8 Å². The molecule has 1 amide bonds. The molecule has 0 aliphatic rings. The Morgan fingerprint density at radius 2 is 2.00 bits per heavy atom. The first kappa shape index (κ1) is 27.7. The van der Waals surface area contributed by atoms with Crippen LogP contribution in [0.5, 0.6) is 0 Å². The van der Waals surface area contributed by atoms with Gasteiger partial charge < -0.3 is 24.4 Å². The summed E-state index contributed by atoms with van der Waals surface area (Å²) in [6, 6.07) is 7.97. The number of aromatic nitrogens is 2. The Balaban J connectivity index is 0.00000512. The van der Waals surface area contributed by atoms with Gasteiger partial charge in [0.15, 0.2) is 5.96 Å². The van der Waals surface area contributed by atoms with Gasteiger partial charge in [-0.05, 0) is 51.0 Å². The number of halogens is 1. The average Bonchev–Trinajstić information content (AvgIpc) is 3.10. The van der Waals surface area contributed by atoms with Crippen molar-refractivity contribution in [2.75, 3.05) is 27.2 Å². The number of rotatable bonds is 8. The van der Waals surface area contributed by atoms with Crippen LogP contribution >= 0.6 is 24.0 Å². The first-order valence-corrected chi connectivity index (χ1v) is 10.6. The second-order valence-electron chi connectivity index (χ2n) is 8.56. The van der Waals surface area contributed by atoms with Gasteiger partial charge in [-0.25, -0.2) is 4.79 Å². The van der Waals surface area contributed by atoms with Crippen LogP contribution < -0.4 is 5.32 Å². The lowest BCUT2D eigenvalue weighted by Gasteiger charge is -2.28. The van der Waals surface area contributed by atoms with Crippen LogP contribution in [0.4, 0.5) is 4.79 Å². The van der Waals surface area contributed by atoms with E-state index in [2.05, 4.69) is 30.8 Å². The fourth-order valence-electron chi connectivity index (χ4n) is 3.11. The highest BCUT2D eigenvalue weighted by molar-refractivity contribution is 14.0. The van der Waals surface area contributed by atoms with Crippen LogP contribution in [0.2, 0.25) is 0 Å². The van der Waals surface area contributed by atoms with Crippen molar-refractivity contribution < 1.29 is 9.53 Å². The summed E-state index contributed by atoms with van der Waals surface area (Å²) in [5, 5.41) is 3.38. The molecule has 0 saturated heterocycles. The number of aryl methyl sites for hydroxylation is 1. The van der Waals surface area contributed by atoms with E-state index in [-0.39, 0.29) is 30.1 Å². The summed E-state index contributed by atoms with van der Waals surface area (Å²) < 4.78 is 7.69. The van der Waals surface area contributed by atoms with Crippen molar-refractivity contribution in [3.63, 3.8) is 0 Å². The maximum absolute atomic E-state index is 12.7. The molecular weight excluding hydrogens is 519 g/mol. The fourth-order valence-corrected chi connectivity index (χ4v) is 3.11. The van der Waals surface area contributed by atoms with E-state index >= 15 is 0 Å². The predicted molar refractivity (Wildman–Crippen MR) is 139 cm³/mol. The third kappa shape index (κ3) is 9.46. The highest BCUT2D eigenvalue weighted by atomic mass is 127. The van der Waals surface area contributed by atoms with E-state index in [4.69, 9.17) is 4.74 Å². The van der Waals surface area contributed by atoms with E-state index in [1.54, 1.807) is 24.3 Å². The molecule has 2 heterocycles. The SMILES string of the molecule is CN=C(NCCCN(Cc1cccnc1)C(=O)OC(C)(C)C)N(C)Cc1cccn1C.I. The van der Waals surface area contributed by atoms with E-state index < -0.39 is 5.60 Å². The third-order valence-electron chi connectivity index (χ3n) is 4.66. The average molecular weight is 556 g/mol. The number of hydrogen-bond acceptors (Lipinski definition) is 4. The topological polar surface area (TPSA) is 75.0 Å². The quantitative estimate of drug-likeness (QED) is 0.231. The molecule has 0 unspecified atom stereocenters. The number of ether oxygens (including phenoxy) is 1. The lowest BCUT2D eigenvalue weighted by Crippen LogP contribution is -2.41. The van der Waals surface area contributed by atoms with E-state index in [0.29, 0.717) is 19.6 Å². The Morgan fingerprint density at radius 1 is 1.25 bits per heavy atom. The van der Waals surface area contributed by atoms with E-state index in [0.717, 1.165) is 24.5 Å². The molecule has 8 nitrogen and oxygen atoms in total. The number of amides is 1. The normalized spacial score (nSPS) is 11.5. The number of nitrogens with zero attached hydrogens (tertiary/aromatic N) is 5. The number of hydrogen-bond donors (Lipinski definition) is 1. The maximum Gasteiger partial charge on any atom is 0.410 e. The number of carbonyl (C=O) groups excluding carboxylic acids is 1. The summed E-state index contributed by atoms with van der Waals surface area (Å²) in [5.74, 6) is 0.817.